The third kappa shape index (κ3) is 4.66. The highest BCUT2D eigenvalue weighted by Crippen LogP contribution is 2.09. The Morgan fingerprint density at radius 3 is 2.25 bits per heavy atom. The zero-order valence-corrected chi connectivity index (χ0v) is 12.4. The first-order valence-electron chi connectivity index (χ1n) is 6.41. The molecule has 0 amide bonds. The van der Waals surface area contributed by atoms with Gasteiger partial charge >= 0.3 is 11.9 Å². The molecule has 5 nitrogen and oxygen atoms in total. The van der Waals surface area contributed by atoms with E-state index in [0.717, 1.165) is 5.56 Å². The maximum atomic E-state index is 11.4. The molecule has 0 fully saturated rings. The van der Waals surface area contributed by atoms with Crippen molar-refractivity contribution in [2.24, 2.45) is 5.92 Å². The highest BCUT2D eigenvalue weighted by molar-refractivity contribution is 5.89. The lowest BCUT2D eigenvalue weighted by Crippen LogP contribution is -2.29. The van der Waals surface area contributed by atoms with Gasteiger partial charge in [-0.2, -0.15) is 0 Å². The van der Waals surface area contributed by atoms with Gasteiger partial charge in [0, 0.05) is 13.1 Å². The van der Waals surface area contributed by atoms with Crippen molar-refractivity contribution < 1.29 is 19.1 Å². The molecular formula is C15H21NO4. The van der Waals surface area contributed by atoms with Crippen LogP contribution in [0.4, 0.5) is 0 Å². The van der Waals surface area contributed by atoms with E-state index in [9.17, 15) is 9.59 Å². The van der Waals surface area contributed by atoms with Gasteiger partial charge in [0.1, 0.15) is 0 Å². The standard InChI is InChI=1S/C15H21NO4/c1-11(14(17)19-3)9-16(2)10-12-5-7-13(8-6-12)15(18)20-4/h5-8,11H,9-10H2,1-4H3. The fourth-order valence-corrected chi connectivity index (χ4v) is 1.98. The summed E-state index contributed by atoms with van der Waals surface area (Å²) < 4.78 is 9.35. The number of hydrogen-bond donors (Lipinski definition) is 0. The molecule has 110 valence electrons. The first-order chi connectivity index (χ1) is 9.47. The van der Waals surface area contributed by atoms with E-state index in [1.165, 1.54) is 14.2 Å². The predicted octanol–water partition coefficient (Wildman–Crippen LogP) is 1.71. The molecule has 0 saturated heterocycles. The van der Waals surface area contributed by atoms with E-state index in [-0.39, 0.29) is 17.9 Å². The predicted molar refractivity (Wildman–Crippen MR) is 75.3 cm³/mol. The summed E-state index contributed by atoms with van der Waals surface area (Å²) in [5.41, 5.74) is 1.60. The Morgan fingerprint density at radius 2 is 1.75 bits per heavy atom. The fourth-order valence-electron chi connectivity index (χ4n) is 1.98. The average Bonchev–Trinajstić information content (AvgIpc) is 2.46. The van der Waals surface area contributed by atoms with Gasteiger partial charge in [0.2, 0.25) is 0 Å². The van der Waals surface area contributed by atoms with Crippen LogP contribution in [0.1, 0.15) is 22.8 Å². The van der Waals surface area contributed by atoms with Crippen LogP contribution in [0.2, 0.25) is 0 Å². The van der Waals surface area contributed by atoms with Gasteiger partial charge in [-0.15, -0.1) is 0 Å². The van der Waals surface area contributed by atoms with Crippen LogP contribution in [-0.2, 0) is 20.8 Å². The monoisotopic (exact) mass is 279 g/mol. The lowest BCUT2D eigenvalue weighted by molar-refractivity contribution is -0.145. The molecule has 0 aliphatic rings. The van der Waals surface area contributed by atoms with Crippen molar-refractivity contribution in [3.63, 3.8) is 0 Å². The van der Waals surface area contributed by atoms with Gasteiger partial charge in [-0.05, 0) is 24.7 Å². The molecule has 1 aromatic carbocycles. The van der Waals surface area contributed by atoms with E-state index in [1.54, 1.807) is 12.1 Å². The second-order valence-electron chi connectivity index (χ2n) is 4.81. The summed E-state index contributed by atoms with van der Waals surface area (Å²) in [7, 11) is 4.69. The number of rotatable bonds is 6. The van der Waals surface area contributed by atoms with E-state index in [4.69, 9.17) is 4.74 Å². The molecule has 1 unspecified atom stereocenters. The van der Waals surface area contributed by atoms with Crippen LogP contribution < -0.4 is 0 Å². The molecule has 0 aromatic heterocycles. The molecular weight excluding hydrogens is 258 g/mol. The van der Waals surface area contributed by atoms with Gasteiger partial charge in [-0.25, -0.2) is 4.79 Å². The molecule has 1 atom stereocenters. The SMILES string of the molecule is COC(=O)c1ccc(CN(C)CC(C)C(=O)OC)cc1. The summed E-state index contributed by atoms with van der Waals surface area (Å²) in [6, 6.07) is 7.23. The van der Waals surface area contributed by atoms with Crippen molar-refractivity contribution in [3.8, 4) is 0 Å². The fraction of sp³-hybridized carbons (Fsp3) is 0.467. The Labute approximate surface area is 119 Å². The van der Waals surface area contributed by atoms with Gasteiger partial charge in [-0.3, -0.25) is 4.79 Å². The van der Waals surface area contributed by atoms with Crippen LogP contribution >= 0.6 is 0 Å². The number of carbonyl (C=O) groups is 2. The first kappa shape index (κ1) is 16.2. The van der Waals surface area contributed by atoms with Crippen molar-refractivity contribution in [2.45, 2.75) is 13.5 Å². The lowest BCUT2D eigenvalue weighted by atomic mass is 10.1. The van der Waals surface area contributed by atoms with Crippen LogP contribution in [-0.4, -0.2) is 44.7 Å². The molecule has 0 spiro atoms. The number of methoxy groups -OCH3 is 2. The number of nitrogens with zero attached hydrogens (tertiary/aromatic N) is 1. The zero-order valence-electron chi connectivity index (χ0n) is 12.4. The number of carbonyl (C=O) groups excluding carboxylic acids is 2. The Balaban J connectivity index is 2.56. The molecule has 0 aliphatic heterocycles. The third-order valence-electron chi connectivity index (χ3n) is 3.02. The van der Waals surface area contributed by atoms with Crippen molar-refractivity contribution in [3.05, 3.63) is 35.4 Å². The van der Waals surface area contributed by atoms with Crippen LogP contribution in [0.15, 0.2) is 24.3 Å². The van der Waals surface area contributed by atoms with Crippen LogP contribution in [0.5, 0.6) is 0 Å². The second kappa shape index (κ2) is 7.65. The maximum Gasteiger partial charge on any atom is 0.337 e. The molecule has 0 N–H and O–H groups in total. The highest BCUT2D eigenvalue weighted by Gasteiger charge is 2.15. The molecule has 0 heterocycles. The summed E-state index contributed by atoms with van der Waals surface area (Å²) in [4.78, 5) is 24.7. The van der Waals surface area contributed by atoms with Crippen LogP contribution in [0.3, 0.4) is 0 Å². The quantitative estimate of drug-likeness (QED) is 0.742. The van der Waals surface area contributed by atoms with Crippen molar-refractivity contribution in [1.82, 2.24) is 4.90 Å². The summed E-state index contributed by atoms with van der Waals surface area (Å²) >= 11 is 0. The minimum absolute atomic E-state index is 0.167. The van der Waals surface area contributed by atoms with Crippen molar-refractivity contribution in [2.75, 3.05) is 27.8 Å². The molecule has 0 bridgehead atoms. The Morgan fingerprint density at radius 1 is 1.15 bits per heavy atom. The largest absolute Gasteiger partial charge is 0.469 e. The summed E-state index contributed by atoms with van der Waals surface area (Å²) in [6.07, 6.45) is 0. The van der Waals surface area contributed by atoms with Crippen LogP contribution in [0.25, 0.3) is 0 Å². The van der Waals surface area contributed by atoms with E-state index in [0.29, 0.717) is 18.7 Å². The Kier molecular flexibility index (Phi) is 6.18. The number of benzene rings is 1. The minimum atomic E-state index is -0.343. The van der Waals surface area contributed by atoms with E-state index in [1.807, 2.05) is 31.0 Å². The van der Waals surface area contributed by atoms with Crippen LogP contribution in [0, 0.1) is 5.92 Å². The normalized spacial score (nSPS) is 12.1. The van der Waals surface area contributed by atoms with E-state index in [2.05, 4.69) is 4.74 Å². The molecule has 0 saturated carbocycles. The molecule has 0 radical (unpaired) electrons. The van der Waals surface area contributed by atoms with Gasteiger partial charge < -0.3 is 14.4 Å². The molecule has 5 heteroatoms. The smallest absolute Gasteiger partial charge is 0.337 e. The number of ether oxygens (including phenoxy) is 2. The minimum Gasteiger partial charge on any atom is -0.469 e. The summed E-state index contributed by atoms with van der Waals surface area (Å²) in [6.45, 7) is 3.15. The molecule has 1 aromatic rings. The maximum absolute atomic E-state index is 11.4. The first-order valence-corrected chi connectivity index (χ1v) is 6.41. The summed E-state index contributed by atoms with van der Waals surface area (Å²) in [5, 5.41) is 0. The molecule has 1 rings (SSSR count). The van der Waals surface area contributed by atoms with Gasteiger partial charge in [0.05, 0.1) is 25.7 Å². The van der Waals surface area contributed by atoms with E-state index >= 15 is 0 Å². The summed E-state index contributed by atoms with van der Waals surface area (Å²) in [5.74, 6) is -0.721. The highest BCUT2D eigenvalue weighted by atomic mass is 16.5. The van der Waals surface area contributed by atoms with Gasteiger partial charge in [0.25, 0.3) is 0 Å². The number of esters is 2. The Hall–Kier alpha value is -1.88. The Bertz CT molecular complexity index is 455. The molecule has 0 aliphatic carbocycles. The van der Waals surface area contributed by atoms with Gasteiger partial charge in [0.15, 0.2) is 0 Å². The topological polar surface area (TPSA) is 55.8 Å². The number of hydrogen-bond acceptors (Lipinski definition) is 5. The van der Waals surface area contributed by atoms with Crippen molar-refractivity contribution >= 4 is 11.9 Å². The second-order valence-corrected chi connectivity index (χ2v) is 4.81. The molecule has 20 heavy (non-hydrogen) atoms. The average molecular weight is 279 g/mol. The van der Waals surface area contributed by atoms with E-state index < -0.39 is 0 Å². The zero-order chi connectivity index (χ0) is 15.1. The lowest BCUT2D eigenvalue weighted by Gasteiger charge is -2.20. The third-order valence-corrected chi connectivity index (χ3v) is 3.02. The van der Waals surface area contributed by atoms with Gasteiger partial charge in [-0.1, -0.05) is 19.1 Å². The van der Waals surface area contributed by atoms with Crippen molar-refractivity contribution in [1.29, 1.82) is 0 Å².